The van der Waals surface area contributed by atoms with Crippen molar-refractivity contribution in [1.29, 1.82) is 0 Å². The van der Waals surface area contributed by atoms with Gasteiger partial charge in [-0.3, -0.25) is 0 Å². The van der Waals surface area contributed by atoms with E-state index in [4.69, 9.17) is 4.74 Å². The van der Waals surface area contributed by atoms with Crippen LogP contribution in [0.4, 0.5) is 0 Å². The van der Waals surface area contributed by atoms with Crippen molar-refractivity contribution in [1.82, 2.24) is 0 Å². The molecule has 2 aromatic carbocycles. The van der Waals surface area contributed by atoms with Gasteiger partial charge in [-0.2, -0.15) is 17.2 Å². The van der Waals surface area contributed by atoms with Crippen LogP contribution in [0.15, 0.2) is 36.4 Å². The second-order valence-corrected chi connectivity index (χ2v) is 4.40. The third kappa shape index (κ3) is 4.26. The monoisotopic (exact) mass is 328 g/mol. The number of carbonyl (C=O) groups is 1. The Kier molecular flexibility index (Phi) is 5.90. The molecule has 0 unspecified atom stereocenters. The summed E-state index contributed by atoms with van der Waals surface area (Å²) in [6, 6.07) is 13.9. The minimum atomic E-state index is -0.341. The molecular formula is C16H15O2Y+2. The molecule has 92 valence electrons. The third-order valence-corrected chi connectivity index (χ3v) is 2.88. The van der Waals surface area contributed by atoms with E-state index in [0.717, 1.165) is 16.7 Å². The van der Waals surface area contributed by atoms with Crippen LogP contribution in [0.3, 0.4) is 0 Å². The molecule has 0 N–H and O–H groups in total. The Labute approximate surface area is 139 Å². The molecule has 0 bridgehead atoms. The minimum absolute atomic E-state index is 0. The van der Waals surface area contributed by atoms with E-state index in [1.54, 1.807) is 18.2 Å². The van der Waals surface area contributed by atoms with Crippen molar-refractivity contribution in [2.24, 2.45) is 0 Å². The zero-order chi connectivity index (χ0) is 13.1. The van der Waals surface area contributed by atoms with E-state index in [9.17, 15) is 4.79 Å². The molecule has 0 aliphatic heterocycles. The maximum Gasteiger partial charge on any atom is 3.00 e. The molecule has 0 aromatic heterocycles. The fraction of sp³-hybridized carbons (Fsp3) is 0.188. The van der Waals surface area contributed by atoms with Gasteiger partial charge < -0.3 is 4.74 Å². The van der Waals surface area contributed by atoms with Gasteiger partial charge in [0.25, 0.3) is 0 Å². The molecule has 2 rings (SSSR count). The average Bonchev–Trinajstić information content (AvgIpc) is 2.34. The van der Waals surface area contributed by atoms with Crippen molar-refractivity contribution in [2.45, 2.75) is 20.8 Å². The summed E-state index contributed by atoms with van der Waals surface area (Å²) in [5.41, 5.74) is 3.79. The molecule has 0 spiro atoms. The number of benzene rings is 2. The molecule has 2 nitrogen and oxygen atoms in total. The second kappa shape index (κ2) is 6.97. The Morgan fingerprint density at radius 3 is 2.32 bits per heavy atom. The first kappa shape index (κ1) is 16.1. The summed E-state index contributed by atoms with van der Waals surface area (Å²) in [7, 11) is 0. The van der Waals surface area contributed by atoms with E-state index in [2.05, 4.69) is 6.07 Å². The van der Waals surface area contributed by atoms with E-state index in [1.165, 1.54) is 0 Å². The largest absolute Gasteiger partial charge is 3.00 e. The number of aryl methyl sites for hydroxylation is 3. The van der Waals surface area contributed by atoms with Gasteiger partial charge in [0.2, 0.25) is 0 Å². The summed E-state index contributed by atoms with van der Waals surface area (Å²) in [5, 5.41) is 0. The zero-order valence-corrected chi connectivity index (χ0v) is 14.2. The van der Waals surface area contributed by atoms with E-state index in [0.29, 0.717) is 11.3 Å². The fourth-order valence-corrected chi connectivity index (χ4v) is 1.57. The molecule has 3 heteroatoms. The summed E-state index contributed by atoms with van der Waals surface area (Å²) >= 11 is 0. The molecule has 0 heterocycles. The molecule has 0 aliphatic carbocycles. The molecule has 0 radical (unpaired) electrons. The Morgan fingerprint density at radius 1 is 1.11 bits per heavy atom. The first-order valence-electron chi connectivity index (χ1n) is 5.84. The van der Waals surface area contributed by atoms with Crippen molar-refractivity contribution in [2.75, 3.05) is 0 Å². The molecule has 0 saturated carbocycles. The molecule has 0 amide bonds. The average molecular weight is 328 g/mol. The first-order chi connectivity index (χ1) is 8.56. The van der Waals surface area contributed by atoms with Crippen molar-refractivity contribution < 1.29 is 42.2 Å². The first-order valence-corrected chi connectivity index (χ1v) is 5.84. The second-order valence-electron chi connectivity index (χ2n) is 4.40. The minimum Gasteiger partial charge on any atom is -0.487 e. The van der Waals surface area contributed by atoms with Gasteiger partial charge in [-0.25, -0.2) is 4.79 Å². The molecule has 19 heavy (non-hydrogen) atoms. The van der Waals surface area contributed by atoms with Crippen molar-refractivity contribution in [3.05, 3.63) is 64.7 Å². The van der Waals surface area contributed by atoms with Crippen LogP contribution in [-0.2, 0) is 32.7 Å². The number of rotatable bonds is 2. The smallest absolute Gasteiger partial charge is 0.487 e. The number of ether oxygens (including phenoxy) is 1. The molecule has 0 saturated heterocycles. The Hall–Kier alpha value is -0.986. The normalized spacial score (nSPS) is 9.63. The number of hydrogen-bond donors (Lipinski definition) is 0. The molecule has 2 aromatic rings. The topological polar surface area (TPSA) is 26.3 Å². The third-order valence-electron chi connectivity index (χ3n) is 2.88. The van der Waals surface area contributed by atoms with Crippen molar-refractivity contribution in [3.8, 4) is 5.75 Å². The predicted octanol–water partition coefficient (Wildman–Crippen LogP) is 3.63. The van der Waals surface area contributed by atoms with Gasteiger partial charge in [0.15, 0.2) is 0 Å². The van der Waals surface area contributed by atoms with Gasteiger partial charge in [-0.05, 0) is 19.1 Å². The van der Waals surface area contributed by atoms with Crippen LogP contribution in [0, 0.1) is 26.8 Å². The van der Waals surface area contributed by atoms with Crippen molar-refractivity contribution in [3.63, 3.8) is 0 Å². The number of carbonyl (C=O) groups excluding carboxylic acids is 1. The standard InChI is InChI=1S/C16H15O2.Y/c1-11-4-7-14(8-5-11)16(17)18-15-9-6-12(2)13(3)10-15;/h4-5,7-10H,1-3H3;/q-1;+3. The van der Waals surface area contributed by atoms with E-state index < -0.39 is 0 Å². The zero-order valence-electron chi connectivity index (χ0n) is 11.4. The van der Waals surface area contributed by atoms with Gasteiger partial charge in [0.1, 0.15) is 0 Å². The summed E-state index contributed by atoms with van der Waals surface area (Å²) in [6.45, 7) is 5.92. The summed E-state index contributed by atoms with van der Waals surface area (Å²) < 4.78 is 5.31. The van der Waals surface area contributed by atoms with Crippen LogP contribution in [0.1, 0.15) is 27.0 Å². The number of hydrogen-bond acceptors (Lipinski definition) is 2. The SMILES string of the molecule is Cc1ccc(C(=O)Oc2c[c-]c(C)c(C)c2)cc1.[Y+3]. The van der Waals surface area contributed by atoms with Crippen LogP contribution in [-0.4, -0.2) is 5.97 Å². The predicted molar refractivity (Wildman–Crippen MR) is 70.9 cm³/mol. The Bertz CT molecular complexity index is 574. The molecule has 0 atom stereocenters. The molecule has 0 fully saturated rings. The maximum atomic E-state index is 11.9. The molecule has 0 aliphatic rings. The maximum absolute atomic E-state index is 11.9. The molecular weight excluding hydrogens is 313 g/mol. The van der Waals surface area contributed by atoms with Gasteiger partial charge in [-0.15, -0.1) is 12.1 Å². The van der Waals surface area contributed by atoms with Gasteiger partial charge in [0, 0.05) is 5.75 Å². The number of esters is 1. The Morgan fingerprint density at radius 2 is 1.74 bits per heavy atom. The van der Waals surface area contributed by atoms with E-state index in [-0.39, 0.29) is 38.7 Å². The summed E-state index contributed by atoms with van der Waals surface area (Å²) in [4.78, 5) is 11.9. The van der Waals surface area contributed by atoms with Crippen LogP contribution >= 0.6 is 0 Å². The van der Waals surface area contributed by atoms with Gasteiger partial charge in [0.05, 0.1) is 5.56 Å². The Balaban J connectivity index is 0.00000180. The van der Waals surface area contributed by atoms with Gasteiger partial charge in [-0.1, -0.05) is 31.5 Å². The quantitative estimate of drug-likeness (QED) is 0.478. The van der Waals surface area contributed by atoms with E-state index in [1.807, 2.05) is 39.0 Å². The fourth-order valence-electron chi connectivity index (χ4n) is 1.57. The van der Waals surface area contributed by atoms with Crippen molar-refractivity contribution >= 4 is 5.97 Å². The van der Waals surface area contributed by atoms with Gasteiger partial charge >= 0.3 is 38.7 Å². The summed E-state index contributed by atoms with van der Waals surface area (Å²) in [5.74, 6) is 0.190. The van der Waals surface area contributed by atoms with Crippen LogP contribution in [0.2, 0.25) is 0 Å². The summed E-state index contributed by atoms with van der Waals surface area (Å²) in [6.07, 6.45) is 0. The van der Waals surface area contributed by atoms with E-state index >= 15 is 0 Å². The van der Waals surface area contributed by atoms with Crippen LogP contribution in [0.5, 0.6) is 5.75 Å². The van der Waals surface area contributed by atoms with Crippen LogP contribution in [0.25, 0.3) is 0 Å². The van der Waals surface area contributed by atoms with Crippen LogP contribution < -0.4 is 4.74 Å².